The van der Waals surface area contributed by atoms with E-state index in [1.807, 2.05) is 0 Å². The summed E-state index contributed by atoms with van der Waals surface area (Å²) in [6.07, 6.45) is -7.37. The standard InChI is InChI=1S/C15H11F5/c16-14(17)12-7-11(6-10-4-2-1-3-5-10)8-13(9-12)15(18,19)20/h1-5,7-9,14H,6H2. The maximum absolute atomic E-state index is 12.7. The third kappa shape index (κ3) is 3.56. The molecule has 0 aliphatic carbocycles. The van der Waals surface area contributed by atoms with E-state index in [0.29, 0.717) is 6.07 Å². The van der Waals surface area contributed by atoms with Gasteiger partial charge in [0.1, 0.15) is 0 Å². The summed E-state index contributed by atoms with van der Waals surface area (Å²) < 4.78 is 63.5. The molecule has 0 saturated heterocycles. The van der Waals surface area contributed by atoms with Crippen molar-refractivity contribution in [2.75, 3.05) is 0 Å². The molecule has 0 radical (unpaired) electrons. The lowest BCUT2D eigenvalue weighted by Crippen LogP contribution is -2.07. The topological polar surface area (TPSA) is 0 Å². The number of alkyl halides is 5. The normalized spacial score (nSPS) is 11.9. The molecule has 0 aliphatic rings. The van der Waals surface area contributed by atoms with E-state index in [2.05, 4.69) is 0 Å². The molecule has 0 atom stereocenters. The molecule has 0 bridgehead atoms. The first kappa shape index (κ1) is 14.5. The van der Waals surface area contributed by atoms with Crippen LogP contribution in [0.15, 0.2) is 48.5 Å². The molecule has 0 heterocycles. The highest BCUT2D eigenvalue weighted by Crippen LogP contribution is 2.33. The van der Waals surface area contributed by atoms with Gasteiger partial charge in [0, 0.05) is 5.56 Å². The first-order chi connectivity index (χ1) is 9.36. The summed E-state index contributed by atoms with van der Waals surface area (Å²) in [5.41, 5.74) is -0.652. The second-order valence-electron chi connectivity index (χ2n) is 4.42. The van der Waals surface area contributed by atoms with E-state index in [9.17, 15) is 22.0 Å². The van der Waals surface area contributed by atoms with Gasteiger partial charge in [-0.05, 0) is 35.7 Å². The van der Waals surface area contributed by atoms with Crippen LogP contribution in [0.25, 0.3) is 0 Å². The molecule has 0 nitrogen and oxygen atoms in total. The summed E-state index contributed by atoms with van der Waals surface area (Å²) in [7, 11) is 0. The second kappa shape index (κ2) is 5.61. The van der Waals surface area contributed by atoms with Gasteiger partial charge in [-0.15, -0.1) is 0 Å². The van der Waals surface area contributed by atoms with Gasteiger partial charge in [0.15, 0.2) is 0 Å². The third-order valence-corrected chi connectivity index (χ3v) is 2.85. The monoisotopic (exact) mass is 286 g/mol. The minimum Gasteiger partial charge on any atom is -0.205 e. The average Bonchev–Trinajstić information content (AvgIpc) is 2.38. The fourth-order valence-electron chi connectivity index (χ4n) is 1.94. The van der Waals surface area contributed by atoms with Crippen LogP contribution >= 0.6 is 0 Å². The molecule has 2 aromatic carbocycles. The number of hydrogen-bond acceptors (Lipinski definition) is 0. The van der Waals surface area contributed by atoms with Crippen molar-refractivity contribution in [1.29, 1.82) is 0 Å². The predicted octanol–water partition coefficient (Wildman–Crippen LogP) is 5.23. The summed E-state index contributed by atoms with van der Waals surface area (Å²) in [6, 6.07) is 11.3. The van der Waals surface area contributed by atoms with Crippen molar-refractivity contribution in [1.82, 2.24) is 0 Å². The molecule has 0 aliphatic heterocycles. The Bertz CT molecular complexity index is 573. The molecule has 0 amide bonds. The zero-order valence-electron chi connectivity index (χ0n) is 10.3. The SMILES string of the molecule is FC(F)c1cc(Cc2ccccc2)cc(C(F)(F)F)c1. The second-order valence-corrected chi connectivity index (χ2v) is 4.42. The summed E-state index contributed by atoms with van der Waals surface area (Å²) in [5, 5.41) is 0. The van der Waals surface area contributed by atoms with Gasteiger partial charge in [0.05, 0.1) is 5.56 Å². The van der Waals surface area contributed by atoms with E-state index in [4.69, 9.17) is 0 Å². The minimum atomic E-state index is -4.63. The van der Waals surface area contributed by atoms with Crippen molar-refractivity contribution in [2.45, 2.75) is 19.0 Å². The van der Waals surface area contributed by atoms with Crippen LogP contribution in [-0.4, -0.2) is 0 Å². The van der Waals surface area contributed by atoms with Crippen LogP contribution < -0.4 is 0 Å². The van der Waals surface area contributed by atoms with Crippen molar-refractivity contribution in [3.05, 3.63) is 70.8 Å². The molecule has 0 spiro atoms. The number of benzene rings is 2. The van der Waals surface area contributed by atoms with Crippen molar-refractivity contribution in [3.63, 3.8) is 0 Å². The van der Waals surface area contributed by atoms with Crippen molar-refractivity contribution < 1.29 is 22.0 Å². The van der Waals surface area contributed by atoms with Crippen LogP contribution in [0.3, 0.4) is 0 Å². The first-order valence-electron chi connectivity index (χ1n) is 5.89. The Kier molecular flexibility index (Phi) is 4.06. The van der Waals surface area contributed by atoms with Crippen molar-refractivity contribution in [3.8, 4) is 0 Å². The van der Waals surface area contributed by atoms with E-state index in [-0.39, 0.29) is 12.0 Å². The van der Waals surface area contributed by atoms with Crippen LogP contribution in [0.5, 0.6) is 0 Å². The lowest BCUT2D eigenvalue weighted by atomic mass is 9.99. The van der Waals surface area contributed by atoms with Gasteiger partial charge < -0.3 is 0 Å². The number of hydrogen-bond donors (Lipinski definition) is 0. The summed E-state index contributed by atoms with van der Waals surface area (Å²) in [6.45, 7) is 0. The van der Waals surface area contributed by atoms with Gasteiger partial charge in [0.2, 0.25) is 0 Å². The number of halogens is 5. The fraction of sp³-hybridized carbons (Fsp3) is 0.200. The van der Waals surface area contributed by atoms with Crippen LogP contribution in [0.1, 0.15) is 28.7 Å². The molecule has 0 fully saturated rings. The highest BCUT2D eigenvalue weighted by atomic mass is 19.4. The van der Waals surface area contributed by atoms with Gasteiger partial charge in [-0.25, -0.2) is 8.78 Å². The van der Waals surface area contributed by atoms with Crippen LogP contribution in [0.2, 0.25) is 0 Å². The van der Waals surface area contributed by atoms with Crippen LogP contribution in [0.4, 0.5) is 22.0 Å². The van der Waals surface area contributed by atoms with E-state index in [1.165, 1.54) is 0 Å². The maximum atomic E-state index is 12.7. The molecule has 0 aromatic heterocycles. The minimum absolute atomic E-state index is 0.185. The molecule has 5 heteroatoms. The zero-order chi connectivity index (χ0) is 14.8. The molecule has 0 saturated carbocycles. The van der Waals surface area contributed by atoms with E-state index < -0.39 is 23.7 Å². The molecule has 2 rings (SSSR count). The van der Waals surface area contributed by atoms with E-state index in [0.717, 1.165) is 17.7 Å². The summed E-state index contributed by atoms with van der Waals surface area (Å²) >= 11 is 0. The Morgan fingerprint density at radius 3 is 2.05 bits per heavy atom. The van der Waals surface area contributed by atoms with Gasteiger partial charge in [-0.2, -0.15) is 13.2 Å². The highest BCUT2D eigenvalue weighted by Gasteiger charge is 2.31. The summed E-state index contributed by atoms with van der Waals surface area (Å²) in [5.74, 6) is 0. The zero-order valence-corrected chi connectivity index (χ0v) is 10.3. The quantitative estimate of drug-likeness (QED) is 0.677. The lowest BCUT2D eigenvalue weighted by molar-refractivity contribution is -0.137. The van der Waals surface area contributed by atoms with E-state index in [1.54, 1.807) is 30.3 Å². The Morgan fingerprint density at radius 1 is 0.850 bits per heavy atom. The first-order valence-corrected chi connectivity index (χ1v) is 5.89. The van der Waals surface area contributed by atoms with Crippen LogP contribution in [0, 0.1) is 0 Å². The lowest BCUT2D eigenvalue weighted by Gasteiger charge is -2.12. The van der Waals surface area contributed by atoms with Crippen molar-refractivity contribution >= 4 is 0 Å². The molecule has 106 valence electrons. The third-order valence-electron chi connectivity index (χ3n) is 2.85. The maximum Gasteiger partial charge on any atom is 0.416 e. The fourth-order valence-corrected chi connectivity index (χ4v) is 1.94. The van der Waals surface area contributed by atoms with Crippen LogP contribution in [-0.2, 0) is 12.6 Å². The highest BCUT2D eigenvalue weighted by molar-refractivity contribution is 5.35. The number of rotatable bonds is 3. The smallest absolute Gasteiger partial charge is 0.205 e. The largest absolute Gasteiger partial charge is 0.416 e. The van der Waals surface area contributed by atoms with Gasteiger partial charge in [-0.3, -0.25) is 0 Å². The molecule has 0 N–H and O–H groups in total. The molecule has 0 unspecified atom stereocenters. The van der Waals surface area contributed by atoms with E-state index >= 15 is 0 Å². The average molecular weight is 286 g/mol. The van der Waals surface area contributed by atoms with Crippen molar-refractivity contribution in [2.24, 2.45) is 0 Å². The predicted molar refractivity (Wildman–Crippen MR) is 65.6 cm³/mol. The molecule has 2 aromatic rings. The van der Waals surface area contributed by atoms with Gasteiger partial charge >= 0.3 is 6.18 Å². The molecular weight excluding hydrogens is 275 g/mol. The Morgan fingerprint density at radius 2 is 1.50 bits per heavy atom. The Hall–Kier alpha value is -1.91. The Balaban J connectivity index is 2.40. The van der Waals surface area contributed by atoms with Gasteiger partial charge in [0.25, 0.3) is 6.43 Å². The van der Waals surface area contributed by atoms with Gasteiger partial charge in [-0.1, -0.05) is 30.3 Å². The molecular formula is C15H11F5. The summed E-state index contributed by atoms with van der Waals surface area (Å²) in [4.78, 5) is 0. The molecule has 20 heavy (non-hydrogen) atoms. The Labute approximate surface area is 112 Å².